The number of nitrogens with two attached hydrogens (primary N) is 1. The Morgan fingerprint density at radius 1 is 1.33 bits per heavy atom. The molecule has 3 aromatic heterocycles. The van der Waals surface area contributed by atoms with Gasteiger partial charge in [-0.3, -0.25) is 10.2 Å². The number of fused-ring (bicyclic) bond motifs is 1. The van der Waals surface area contributed by atoms with E-state index in [-0.39, 0.29) is 6.04 Å². The Labute approximate surface area is 102 Å². The van der Waals surface area contributed by atoms with E-state index in [0.717, 1.165) is 16.9 Å². The van der Waals surface area contributed by atoms with Gasteiger partial charge in [0.15, 0.2) is 5.65 Å². The van der Waals surface area contributed by atoms with Crippen LogP contribution in [-0.4, -0.2) is 30.4 Å². The number of nitrogens with one attached hydrogen (secondary N) is 3. The highest BCUT2D eigenvalue weighted by atomic mass is 15.2. The van der Waals surface area contributed by atoms with Crippen molar-refractivity contribution in [1.82, 2.24) is 30.4 Å². The van der Waals surface area contributed by atoms with E-state index in [9.17, 15) is 0 Å². The highest BCUT2D eigenvalue weighted by Gasteiger charge is 2.11. The lowest BCUT2D eigenvalue weighted by molar-refractivity contribution is 0.820. The molecule has 0 aliphatic heterocycles. The standard InChI is InChI=1S/C10H12N8/c1-5(7-2-8(11)17-16-7)15-9-6-3-14-18-10(6)13-4-12-9/h2-5H,1H3,(H3,11,16,17)(H2,12,13,14,15,18). The minimum atomic E-state index is 0.00259. The third-order valence-corrected chi connectivity index (χ3v) is 2.69. The number of nitrogens with zero attached hydrogens (tertiary/aromatic N) is 4. The Bertz CT molecular complexity index is 669. The lowest BCUT2D eigenvalue weighted by Gasteiger charge is -2.12. The van der Waals surface area contributed by atoms with Crippen LogP contribution in [0.25, 0.3) is 11.0 Å². The fraction of sp³-hybridized carbons (Fsp3) is 0.200. The van der Waals surface area contributed by atoms with Crippen LogP contribution in [0.2, 0.25) is 0 Å². The zero-order valence-corrected chi connectivity index (χ0v) is 9.68. The van der Waals surface area contributed by atoms with Gasteiger partial charge in [0.1, 0.15) is 18.0 Å². The maximum Gasteiger partial charge on any atom is 0.160 e. The summed E-state index contributed by atoms with van der Waals surface area (Å²) in [4.78, 5) is 8.28. The highest BCUT2D eigenvalue weighted by Crippen LogP contribution is 2.22. The monoisotopic (exact) mass is 244 g/mol. The van der Waals surface area contributed by atoms with Gasteiger partial charge in [-0.05, 0) is 6.92 Å². The minimum Gasteiger partial charge on any atom is -0.382 e. The van der Waals surface area contributed by atoms with Crippen LogP contribution in [0.15, 0.2) is 18.6 Å². The highest BCUT2D eigenvalue weighted by molar-refractivity contribution is 5.85. The summed E-state index contributed by atoms with van der Waals surface area (Å²) in [5, 5.41) is 17.6. The van der Waals surface area contributed by atoms with Crippen molar-refractivity contribution in [3.8, 4) is 0 Å². The lowest BCUT2D eigenvalue weighted by atomic mass is 10.2. The molecule has 0 aromatic carbocycles. The van der Waals surface area contributed by atoms with Crippen LogP contribution >= 0.6 is 0 Å². The Kier molecular flexibility index (Phi) is 2.33. The summed E-state index contributed by atoms with van der Waals surface area (Å²) in [5.74, 6) is 1.18. The molecule has 3 rings (SSSR count). The van der Waals surface area contributed by atoms with Crippen LogP contribution in [0.4, 0.5) is 11.6 Å². The Hall–Kier alpha value is -2.64. The summed E-state index contributed by atoms with van der Waals surface area (Å²) in [6.07, 6.45) is 3.17. The molecule has 0 aliphatic rings. The van der Waals surface area contributed by atoms with Crippen molar-refractivity contribution in [3.05, 3.63) is 24.3 Å². The molecule has 0 saturated heterocycles. The molecule has 0 spiro atoms. The first-order valence-corrected chi connectivity index (χ1v) is 5.45. The van der Waals surface area contributed by atoms with Crippen molar-refractivity contribution < 1.29 is 0 Å². The Morgan fingerprint density at radius 2 is 2.22 bits per heavy atom. The van der Waals surface area contributed by atoms with E-state index in [0.29, 0.717) is 11.5 Å². The second-order valence-corrected chi connectivity index (χ2v) is 3.97. The van der Waals surface area contributed by atoms with E-state index in [1.165, 1.54) is 6.33 Å². The van der Waals surface area contributed by atoms with Gasteiger partial charge in [0.05, 0.1) is 23.3 Å². The number of rotatable bonds is 3. The van der Waals surface area contributed by atoms with Crippen molar-refractivity contribution in [2.45, 2.75) is 13.0 Å². The first-order valence-electron chi connectivity index (χ1n) is 5.45. The van der Waals surface area contributed by atoms with Gasteiger partial charge in [0.2, 0.25) is 0 Å². The summed E-state index contributed by atoms with van der Waals surface area (Å²) in [7, 11) is 0. The minimum absolute atomic E-state index is 0.00259. The summed E-state index contributed by atoms with van der Waals surface area (Å²) in [5.41, 5.74) is 7.16. The third kappa shape index (κ3) is 1.73. The SMILES string of the molecule is CC(Nc1ncnc2[nH]ncc12)c1cc(N)n[nH]1. The molecule has 1 atom stereocenters. The van der Waals surface area contributed by atoms with Gasteiger partial charge in [-0.2, -0.15) is 10.2 Å². The topological polar surface area (TPSA) is 121 Å². The summed E-state index contributed by atoms with van der Waals surface area (Å²) >= 11 is 0. The third-order valence-electron chi connectivity index (χ3n) is 2.69. The maximum atomic E-state index is 5.57. The van der Waals surface area contributed by atoms with Crippen LogP contribution in [0, 0.1) is 0 Å². The molecular weight excluding hydrogens is 232 g/mol. The van der Waals surface area contributed by atoms with Crippen LogP contribution in [0.1, 0.15) is 18.7 Å². The molecule has 5 N–H and O–H groups in total. The summed E-state index contributed by atoms with van der Waals surface area (Å²) < 4.78 is 0. The van der Waals surface area contributed by atoms with Crippen LogP contribution in [0.5, 0.6) is 0 Å². The molecule has 18 heavy (non-hydrogen) atoms. The molecule has 0 saturated carbocycles. The second-order valence-electron chi connectivity index (χ2n) is 3.97. The Balaban J connectivity index is 1.90. The van der Waals surface area contributed by atoms with E-state index >= 15 is 0 Å². The van der Waals surface area contributed by atoms with Crippen molar-refractivity contribution >= 4 is 22.7 Å². The van der Waals surface area contributed by atoms with Crippen molar-refractivity contribution in [2.24, 2.45) is 0 Å². The number of anilines is 2. The molecule has 3 aromatic rings. The maximum absolute atomic E-state index is 5.57. The molecule has 8 heteroatoms. The predicted molar refractivity (Wildman–Crippen MR) is 66.7 cm³/mol. The van der Waals surface area contributed by atoms with Gasteiger partial charge in [0.25, 0.3) is 0 Å². The molecule has 0 aliphatic carbocycles. The molecular formula is C10H12N8. The molecule has 92 valence electrons. The smallest absolute Gasteiger partial charge is 0.160 e. The molecule has 0 fully saturated rings. The zero-order chi connectivity index (χ0) is 12.5. The summed E-state index contributed by atoms with van der Waals surface area (Å²) in [6, 6.07) is 1.79. The normalized spacial score (nSPS) is 12.7. The van der Waals surface area contributed by atoms with E-state index in [1.54, 1.807) is 12.3 Å². The van der Waals surface area contributed by atoms with E-state index in [2.05, 4.69) is 35.7 Å². The van der Waals surface area contributed by atoms with Gasteiger partial charge in [0, 0.05) is 6.07 Å². The second kappa shape index (κ2) is 3.99. The molecule has 0 bridgehead atoms. The van der Waals surface area contributed by atoms with Crippen molar-refractivity contribution in [3.63, 3.8) is 0 Å². The lowest BCUT2D eigenvalue weighted by Crippen LogP contribution is -2.08. The molecule has 1 unspecified atom stereocenters. The Morgan fingerprint density at radius 3 is 3.00 bits per heavy atom. The summed E-state index contributed by atoms with van der Waals surface area (Å²) in [6.45, 7) is 1.99. The molecule has 0 radical (unpaired) electrons. The van der Waals surface area contributed by atoms with E-state index < -0.39 is 0 Å². The van der Waals surface area contributed by atoms with Gasteiger partial charge >= 0.3 is 0 Å². The van der Waals surface area contributed by atoms with Crippen LogP contribution < -0.4 is 11.1 Å². The van der Waals surface area contributed by atoms with E-state index in [1.807, 2.05) is 6.92 Å². The number of aromatic amines is 2. The first-order chi connectivity index (χ1) is 8.74. The van der Waals surface area contributed by atoms with Gasteiger partial charge in [-0.25, -0.2) is 9.97 Å². The fourth-order valence-electron chi connectivity index (χ4n) is 1.74. The zero-order valence-electron chi connectivity index (χ0n) is 9.68. The first kappa shape index (κ1) is 10.5. The number of H-pyrrole nitrogens is 2. The molecule has 8 nitrogen and oxygen atoms in total. The van der Waals surface area contributed by atoms with Crippen LogP contribution in [0.3, 0.4) is 0 Å². The predicted octanol–water partition coefficient (Wildman–Crippen LogP) is 0.831. The average Bonchev–Trinajstić information content (AvgIpc) is 2.97. The number of aromatic nitrogens is 6. The van der Waals surface area contributed by atoms with Crippen molar-refractivity contribution in [1.29, 1.82) is 0 Å². The number of hydrogen-bond donors (Lipinski definition) is 4. The molecule has 3 heterocycles. The van der Waals surface area contributed by atoms with Gasteiger partial charge in [-0.1, -0.05) is 0 Å². The van der Waals surface area contributed by atoms with E-state index in [4.69, 9.17) is 5.73 Å². The van der Waals surface area contributed by atoms with Gasteiger partial charge < -0.3 is 11.1 Å². The fourth-order valence-corrected chi connectivity index (χ4v) is 1.74. The quantitative estimate of drug-likeness (QED) is 0.541. The van der Waals surface area contributed by atoms with Crippen molar-refractivity contribution in [2.75, 3.05) is 11.1 Å². The van der Waals surface area contributed by atoms with Gasteiger partial charge in [-0.15, -0.1) is 0 Å². The largest absolute Gasteiger partial charge is 0.382 e. The van der Waals surface area contributed by atoms with Crippen LogP contribution in [-0.2, 0) is 0 Å². The number of nitrogen functional groups attached to an aromatic ring is 1. The molecule has 0 amide bonds. The number of hydrogen-bond acceptors (Lipinski definition) is 6. The average molecular weight is 244 g/mol.